The van der Waals surface area contributed by atoms with E-state index in [-0.39, 0.29) is 5.91 Å². The van der Waals surface area contributed by atoms with Crippen molar-refractivity contribution < 1.29 is 4.79 Å². The summed E-state index contributed by atoms with van der Waals surface area (Å²) in [5, 5.41) is 0. The monoisotopic (exact) mass is 473 g/mol. The van der Waals surface area contributed by atoms with Crippen LogP contribution in [0.4, 0.5) is 5.69 Å². The Kier molecular flexibility index (Phi) is 6.94. The quantitative estimate of drug-likeness (QED) is 0.315. The highest BCUT2D eigenvalue weighted by Gasteiger charge is 2.38. The maximum atomic E-state index is 13.9. The summed E-state index contributed by atoms with van der Waals surface area (Å²) in [6.07, 6.45) is 0.578. The molecule has 1 atom stereocenters. The van der Waals surface area contributed by atoms with Crippen LogP contribution in [0.15, 0.2) is 114 Å². The summed E-state index contributed by atoms with van der Waals surface area (Å²) >= 11 is 0. The van der Waals surface area contributed by atoms with Gasteiger partial charge >= 0.3 is 0 Å². The molecule has 4 aromatic carbocycles. The summed E-state index contributed by atoms with van der Waals surface area (Å²) in [5.41, 5.74) is 6.59. The van der Waals surface area contributed by atoms with Crippen LogP contribution in [-0.4, -0.2) is 22.8 Å². The van der Waals surface area contributed by atoms with E-state index in [2.05, 4.69) is 97.6 Å². The van der Waals surface area contributed by atoms with Crippen molar-refractivity contribution in [2.45, 2.75) is 39.4 Å². The molecule has 1 aliphatic rings. The number of rotatable bonds is 7. The maximum Gasteiger partial charge on any atom is 0.259 e. The van der Waals surface area contributed by atoms with Crippen LogP contribution in [0.3, 0.4) is 0 Å². The molecule has 4 aromatic rings. The zero-order chi connectivity index (χ0) is 24.9. The molecule has 0 fully saturated rings. The summed E-state index contributed by atoms with van der Waals surface area (Å²) in [5.74, 6) is 0.726. The van der Waals surface area contributed by atoms with Gasteiger partial charge in [-0.2, -0.15) is 0 Å². The molecule has 0 spiro atoms. The zero-order valence-corrected chi connectivity index (χ0v) is 20.8. The number of guanidine groups is 1. The number of aliphatic imine (C=N–C) groups is 1. The lowest BCUT2D eigenvalue weighted by Crippen LogP contribution is -2.44. The van der Waals surface area contributed by atoms with Gasteiger partial charge in [-0.15, -0.1) is 0 Å². The number of benzene rings is 4. The molecule has 36 heavy (non-hydrogen) atoms. The third-order valence-electron chi connectivity index (χ3n) is 6.43. The molecule has 1 aliphatic heterocycles. The SMILES string of the molecule is Cc1cc(C)cc(N2C(=O)C(Cc3ccccc3)N=C2N(Cc2ccccc2)Cc2ccccc2)c1. The van der Waals surface area contributed by atoms with Crippen LogP contribution >= 0.6 is 0 Å². The van der Waals surface area contributed by atoms with Gasteiger partial charge in [-0.05, 0) is 53.8 Å². The molecular formula is C32H31N3O. The lowest BCUT2D eigenvalue weighted by molar-refractivity contribution is -0.118. The molecule has 0 aromatic heterocycles. The zero-order valence-electron chi connectivity index (χ0n) is 20.8. The van der Waals surface area contributed by atoms with E-state index in [0.717, 1.165) is 22.4 Å². The van der Waals surface area contributed by atoms with Crippen LogP contribution < -0.4 is 4.90 Å². The van der Waals surface area contributed by atoms with Gasteiger partial charge in [-0.25, -0.2) is 9.89 Å². The van der Waals surface area contributed by atoms with Gasteiger partial charge in [-0.1, -0.05) is 97.1 Å². The smallest absolute Gasteiger partial charge is 0.259 e. The molecule has 0 saturated heterocycles. The highest BCUT2D eigenvalue weighted by atomic mass is 16.2. The Bertz CT molecular complexity index is 1290. The van der Waals surface area contributed by atoms with Gasteiger partial charge in [0.25, 0.3) is 5.91 Å². The fraction of sp³-hybridized carbons (Fsp3) is 0.188. The first-order chi connectivity index (χ1) is 17.6. The number of hydrogen-bond donors (Lipinski definition) is 0. The van der Waals surface area contributed by atoms with Crippen molar-refractivity contribution in [3.8, 4) is 0 Å². The molecule has 5 rings (SSSR count). The first-order valence-electron chi connectivity index (χ1n) is 12.4. The lowest BCUT2D eigenvalue weighted by Gasteiger charge is -2.30. The topological polar surface area (TPSA) is 35.9 Å². The third kappa shape index (κ3) is 5.38. The number of hydrogen-bond acceptors (Lipinski definition) is 3. The van der Waals surface area contributed by atoms with E-state index in [1.807, 2.05) is 35.2 Å². The normalized spacial score (nSPS) is 15.2. The van der Waals surface area contributed by atoms with Crippen LogP contribution in [0, 0.1) is 13.8 Å². The molecule has 1 amide bonds. The molecular weight excluding hydrogens is 442 g/mol. The first kappa shape index (κ1) is 23.6. The molecule has 0 bridgehead atoms. The van der Waals surface area contributed by atoms with Crippen LogP contribution in [0.25, 0.3) is 0 Å². The van der Waals surface area contributed by atoms with E-state index in [0.29, 0.717) is 25.5 Å². The predicted molar refractivity (Wildman–Crippen MR) is 147 cm³/mol. The molecule has 1 heterocycles. The molecule has 0 saturated carbocycles. The fourth-order valence-corrected chi connectivity index (χ4v) is 4.82. The van der Waals surface area contributed by atoms with Gasteiger partial charge in [-0.3, -0.25) is 4.79 Å². The van der Waals surface area contributed by atoms with E-state index in [4.69, 9.17) is 4.99 Å². The third-order valence-corrected chi connectivity index (χ3v) is 6.43. The Morgan fingerprint density at radius 1 is 0.694 bits per heavy atom. The summed E-state index contributed by atoms with van der Waals surface area (Å²) in [6.45, 7) is 5.45. The second-order valence-corrected chi connectivity index (χ2v) is 9.48. The van der Waals surface area contributed by atoms with Gasteiger partial charge in [0.05, 0.1) is 5.69 Å². The minimum absolute atomic E-state index is 0.0185. The lowest BCUT2D eigenvalue weighted by atomic mass is 10.1. The number of nitrogens with zero attached hydrogens (tertiary/aromatic N) is 3. The van der Waals surface area contributed by atoms with Gasteiger partial charge in [0.1, 0.15) is 6.04 Å². The van der Waals surface area contributed by atoms with Crippen molar-refractivity contribution in [2.75, 3.05) is 4.90 Å². The van der Waals surface area contributed by atoms with Gasteiger partial charge in [0, 0.05) is 19.5 Å². The average molecular weight is 474 g/mol. The van der Waals surface area contributed by atoms with Crippen molar-refractivity contribution in [1.29, 1.82) is 0 Å². The highest BCUT2D eigenvalue weighted by Crippen LogP contribution is 2.28. The average Bonchev–Trinajstić information content (AvgIpc) is 3.20. The summed E-state index contributed by atoms with van der Waals surface area (Å²) in [4.78, 5) is 23.1. The van der Waals surface area contributed by atoms with Crippen molar-refractivity contribution in [2.24, 2.45) is 4.99 Å². The van der Waals surface area contributed by atoms with E-state index in [1.165, 1.54) is 11.1 Å². The largest absolute Gasteiger partial charge is 0.334 e. The Morgan fingerprint density at radius 3 is 1.67 bits per heavy atom. The molecule has 4 nitrogen and oxygen atoms in total. The van der Waals surface area contributed by atoms with Crippen molar-refractivity contribution in [3.63, 3.8) is 0 Å². The number of carbonyl (C=O) groups is 1. The molecule has 1 unspecified atom stereocenters. The van der Waals surface area contributed by atoms with Gasteiger partial charge in [0.15, 0.2) is 0 Å². The molecule has 0 radical (unpaired) electrons. The number of anilines is 1. The van der Waals surface area contributed by atoms with Crippen LogP contribution in [0.1, 0.15) is 27.8 Å². The van der Waals surface area contributed by atoms with E-state index in [9.17, 15) is 4.79 Å². The fourth-order valence-electron chi connectivity index (χ4n) is 4.82. The summed E-state index contributed by atoms with van der Waals surface area (Å²) in [6, 6.07) is 36.7. The Hall–Kier alpha value is -4.18. The van der Waals surface area contributed by atoms with Crippen LogP contribution in [0.5, 0.6) is 0 Å². The second kappa shape index (κ2) is 10.6. The van der Waals surface area contributed by atoms with Crippen LogP contribution in [-0.2, 0) is 24.3 Å². The standard InChI is InChI=1S/C32H31N3O/c1-24-18-25(2)20-29(19-24)35-31(36)30(21-26-12-6-3-7-13-26)33-32(35)34(22-27-14-8-4-9-15-27)23-28-16-10-5-11-17-28/h3-20,30H,21-23H2,1-2H3. The minimum atomic E-state index is -0.461. The molecule has 0 N–H and O–H groups in total. The Labute approximate surface area is 213 Å². The summed E-state index contributed by atoms with van der Waals surface area (Å²) < 4.78 is 0. The maximum absolute atomic E-state index is 13.9. The van der Waals surface area contributed by atoms with Gasteiger partial charge < -0.3 is 4.90 Å². The van der Waals surface area contributed by atoms with Crippen molar-refractivity contribution in [3.05, 3.63) is 137 Å². The van der Waals surface area contributed by atoms with Crippen molar-refractivity contribution in [1.82, 2.24) is 4.90 Å². The number of amides is 1. The summed E-state index contributed by atoms with van der Waals surface area (Å²) in [7, 11) is 0. The van der Waals surface area contributed by atoms with E-state index in [1.54, 1.807) is 0 Å². The molecule has 0 aliphatic carbocycles. The minimum Gasteiger partial charge on any atom is -0.334 e. The highest BCUT2D eigenvalue weighted by molar-refractivity contribution is 6.22. The Balaban J connectivity index is 1.57. The van der Waals surface area contributed by atoms with Crippen LogP contribution in [0.2, 0.25) is 0 Å². The predicted octanol–water partition coefficient (Wildman–Crippen LogP) is 6.32. The van der Waals surface area contributed by atoms with E-state index < -0.39 is 6.04 Å². The number of aryl methyl sites for hydroxylation is 2. The Morgan fingerprint density at radius 2 is 1.17 bits per heavy atom. The molecule has 180 valence electrons. The first-order valence-corrected chi connectivity index (χ1v) is 12.4. The van der Waals surface area contributed by atoms with Crippen molar-refractivity contribution >= 4 is 17.6 Å². The molecule has 4 heteroatoms. The van der Waals surface area contributed by atoms with E-state index >= 15 is 0 Å². The number of carbonyl (C=O) groups excluding carboxylic acids is 1. The second-order valence-electron chi connectivity index (χ2n) is 9.48. The van der Waals surface area contributed by atoms with Gasteiger partial charge in [0.2, 0.25) is 5.96 Å².